The SMILES string of the molecule is CC(=O)N(c1nc(C=CC(=O)N(C)Cc2cccnc2)cs1)c1ccccc1F. The number of hydrogen-bond acceptors (Lipinski definition) is 5. The summed E-state index contributed by atoms with van der Waals surface area (Å²) < 4.78 is 14.1. The molecule has 0 aliphatic heterocycles. The molecule has 0 unspecified atom stereocenters. The first kappa shape index (κ1) is 20.3. The topological polar surface area (TPSA) is 66.4 Å². The van der Waals surface area contributed by atoms with Gasteiger partial charge in [-0.1, -0.05) is 18.2 Å². The van der Waals surface area contributed by atoms with E-state index in [1.54, 1.807) is 47.9 Å². The summed E-state index contributed by atoms with van der Waals surface area (Å²) in [6.45, 7) is 1.78. The highest BCUT2D eigenvalue weighted by molar-refractivity contribution is 7.14. The van der Waals surface area contributed by atoms with Crippen molar-refractivity contribution in [2.75, 3.05) is 11.9 Å². The van der Waals surface area contributed by atoms with Gasteiger partial charge >= 0.3 is 0 Å². The molecule has 0 N–H and O–H groups in total. The predicted octanol–water partition coefficient (Wildman–Crippen LogP) is 4.03. The molecule has 2 heterocycles. The van der Waals surface area contributed by atoms with Gasteiger partial charge in [0.05, 0.1) is 11.4 Å². The molecule has 0 saturated carbocycles. The normalized spacial score (nSPS) is 10.9. The van der Waals surface area contributed by atoms with Crippen molar-refractivity contribution < 1.29 is 14.0 Å². The van der Waals surface area contributed by atoms with Crippen molar-refractivity contribution in [2.24, 2.45) is 0 Å². The summed E-state index contributed by atoms with van der Waals surface area (Å²) in [4.78, 5) is 35.6. The first-order valence-corrected chi connectivity index (χ1v) is 9.66. The number of carbonyl (C=O) groups is 2. The van der Waals surface area contributed by atoms with Gasteiger partial charge in [0.25, 0.3) is 0 Å². The van der Waals surface area contributed by atoms with Crippen molar-refractivity contribution in [1.29, 1.82) is 0 Å². The number of aromatic nitrogens is 2. The zero-order valence-corrected chi connectivity index (χ0v) is 16.8. The maximum absolute atomic E-state index is 14.1. The number of para-hydroxylation sites is 1. The Labute approximate surface area is 171 Å². The molecule has 0 radical (unpaired) electrons. The molecule has 3 rings (SSSR count). The Morgan fingerprint density at radius 1 is 1.21 bits per heavy atom. The van der Waals surface area contributed by atoms with Gasteiger partial charge in [0, 0.05) is 44.4 Å². The van der Waals surface area contributed by atoms with Gasteiger partial charge in [0.2, 0.25) is 11.8 Å². The minimum atomic E-state index is -0.512. The van der Waals surface area contributed by atoms with Crippen molar-refractivity contribution >= 4 is 40.0 Å². The highest BCUT2D eigenvalue weighted by Crippen LogP contribution is 2.30. The van der Waals surface area contributed by atoms with Gasteiger partial charge in [-0.2, -0.15) is 0 Å². The maximum atomic E-state index is 14.1. The first-order valence-electron chi connectivity index (χ1n) is 8.78. The second-order valence-electron chi connectivity index (χ2n) is 6.25. The van der Waals surface area contributed by atoms with Gasteiger partial charge in [0.15, 0.2) is 5.13 Å². The molecule has 6 nitrogen and oxygen atoms in total. The van der Waals surface area contributed by atoms with Gasteiger partial charge in [-0.05, 0) is 29.8 Å². The van der Waals surface area contributed by atoms with Crippen LogP contribution in [0.5, 0.6) is 0 Å². The number of benzene rings is 1. The van der Waals surface area contributed by atoms with Gasteiger partial charge < -0.3 is 4.90 Å². The quantitative estimate of drug-likeness (QED) is 0.576. The van der Waals surface area contributed by atoms with Crippen molar-refractivity contribution in [3.63, 3.8) is 0 Å². The standard InChI is InChI=1S/C21H19FN4O2S/c1-15(27)26(19-8-4-3-7-18(19)22)21-24-17(14-29-21)9-10-20(28)25(2)13-16-6-5-11-23-12-16/h3-12,14H,13H2,1-2H3. The first-order chi connectivity index (χ1) is 14.0. The van der Waals surface area contributed by atoms with E-state index in [2.05, 4.69) is 9.97 Å². The number of carbonyl (C=O) groups excluding carboxylic acids is 2. The molecule has 148 valence electrons. The molecule has 3 aromatic rings. The van der Waals surface area contributed by atoms with Crippen LogP contribution in [0.25, 0.3) is 6.08 Å². The monoisotopic (exact) mass is 410 g/mol. The van der Waals surface area contributed by atoms with Crippen LogP contribution in [-0.2, 0) is 16.1 Å². The summed E-state index contributed by atoms with van der Waals surface area (Å²) in [5.41, 5.74) is 1.57. The highest BCUT2D eigenvalue weighted by atomic mass is 32.1. The Morgan fingerprint density at radius 3 is 2.69 bits per heavy atom. The van der Waals surface area contributed by atoms with E-state index in [0.717, 1.165) is 5.56 Å². The Kier molecular flexibility index (Phi) is 6.46. The summed E-state index contributed by atoms with van der Waals surface area (Å²) in [6, 6.07) is 9.73. The molecule has 0 fully saturated rings. The van der Waals surface area contributed by atoms with Crippen LogP contribution in [0, 0.1) is 5.82 Å². The lowest BCUT2D eigenvalue weighted by Crippen LogP contribution is -2.24. The fourth-order valence-corrected chi connectivity index (χ4v) is 3.47. The molecule has 8 heteroatoms. The average molecular weight is 410 g/mol. The Balaban J connectivity index is 1.72. The summed E-state index contributed by atoms with van der Waals surface area (Å²) in [7, 11) is 1.70. The Bertz CT molecular complexity index is 1040. The van der Waals surface area contributed by atoms with Crippen LogP contribution in [0.2, 0.25) is 0 Å². The van der Waals surface area contributed by atoms with E-state index in [1.165, 1.54) is 41.4 Å². The molecule has 0 atom stereocenters. The van der Waals surface area contributed by atoms with Gasteiger partial charge in [-0.15, -0.1) is 11.3 Å². The number of thiazole rings is 1. The molecule has 0 saturated heterocycles. The molecule has 2 amide bonds. The fourth-order valence-electron chi connectivity index (χ4n) is 2.62. The van der Waals surface area contributed by atoms with Crippen LogP contribution in [0.1, 0.15) is 18.2 Å². The molecule has 2 aromatic heterocycles. The number of nitrogens with zero attached hydrogens (tertiary/aromatic N) is 4. The van der Waals surface area contributed by atoms with E-state index in [4.69, 9.17) is 0 Å². The third-order valence-electron chi connectivity index (χ3n) is 4.02. The van der Waals surface area contributed by atoms with Crippen molar-refractivity contribution in [3.8, 4) is 0 Å². The van der Waals surface area contributed by atoms with E-state index in [1.807, 2.05) is 12.1 Å². The molecular formula is C21H19FN4O2S. The minimum absolute atomic E-state index is 0.136. The largest absolute Gasteiger partial charge is 0.338 e. The predicted molar refractivity (Wildman–Crippen MR) is 111 cm³/mol. The van der Waals surface area contributed by atoms with E-state index < -0.39 is 5.82 Å². The van der Waals surface area contributed by atoms with Crippen LogP contribution in [0.15, 0.2) is 60.2 Å². The van der Waals surface area contributed by atoms with Crippen LogP contribution in [-0.4, -0.2) is 33.7 Å². The van der Waals surface area contributed by atoms with Crippen molar-refractivity contribution in [3.05, 3.63) is 77.3 Å². The Morgan fingerprint density at radius 2 is 2.00 bits per heavy atom. The van der Waals surface area contributed by atoms with E-state index >= 15 is 0 Å². The number of halogens is 1. The summed E-state index contributed by atoms with van der Waals surface area (Å²) in [6.07, 6.45) is 6.37. The van der Waals surface area contributed by atoms with Gasteiger partial charge in [-0.25, -0.2) is 9.37 Å². The molecule has 0 bridgehead atoms. The minimum Gasteiger partial charge on any atom is -0.338 e. The lowest BCUT2D eigenvalue weighted by Gasteiger charge is -2.18. The van der Waals surface area contributed by atoms with Crippen LogP contribution < -0.4 is 4.90 Å². The molecule has 0 spiro atoms. The van der Waals surface area contributed by atoms with Crippen LogP contribution in [0.3, 0.4) is 0 Å². The molecule has 0 aliphatic carbocycles. The molecule has 29 heavy (non-hydrogen) atoms. The number of hydrogen-bond donors (Lipinski definition) is 0. The zero-order chi connectivity index (χ0) is 20.8. The number of anilines is 2. The molecule has 1 aromatic carbocycles. The average Bonchev–Trinajstić information content (AvgIpc) is 3.16. The zero-order valence-electron chi connectivity index (χ0n) is 15.9. The third-order valence-corrected chi connectivity index (χ3v) is 4.87. The smallest absolute Gasteiger partial charge is 0.246 e. The van der Waals surface area contributed by atoms with Crippen molar-refractivity contribution in [2.45, 2.75) is 13.5 Å². The Hall–Kier alpha value is -3.39. The number of rotatable bonds is 6. The van der Waals surface area contributed by atoms with Gasteiger partial charge in [-0.3, -0.25) is 19.5 Å². The maximum Gasteiger partial charge on any atom is 0.246 e. The van der Waals surface area contributed by atoms with E-state index in [-0.39, 0.29) is 17.5 Å². The van der Waals surface area contributed by atoms with Crippen LogP contribution >= 0.6 is 11.3 Å². The lowest BCUT2D eigenvalue weighted by atomic mass is 10.2. The highest BCUT2D eigenvalue weighted by Gasteiger charge is 2.20. The van der Waals surface area contributed by atoms with E-state index in [9.17, 15) is 14.0 Å². The van der Waals surface area contributed by atoms with Crippen LogP contribution in [0.4, 0.5) is 15.2 Å². The molecule has 0 aliphatic rings. The lowest BCUT2D eigenvalue weighted by molar-refractivity contribution is -0.125. The second kappa shape index (κ2) is 9.20. The van der Waals surface area contributed by atoms with Gasteiger partial charge in [0.1, 0.15) is 5.82 Å². The third kappa shape index (κ3) is 5.11. The fraction of sp³-hybridized carbons (Fsp3) is 0.143. The second-order valence-corrected chi connectivity index (χ2v) is 7.09. The number of amides is 2. The summed E-state index contributed by atoms with van der Waals surface area (Å²) in [5, 5.41) is 2.04. The molecular weight excluding hydrogens is 391 g/mol. The van der Waals surface area contributed by atoms with E-state index in [0.29, 0.717) is 17.4 Å². The number of pyridine rings is 1. The van der Waals surface area contributed by atoms with Crippen molar-refractivity contribution in [1.82, 2.24) is 14.9 Å². The number of likely N-dealkylation sites (N-methyl/N-ethyl adjacent to an activating group) is 1. The summed E-state index contributed by atoms with van der Waals surface area (Å²) >= 11 is 1.20. The summed E-state index contributed by atoms with van der Waals surface area (Å²) in [5.74, 6) is -1.06.